The van der Waals surface area contributed by atoms with Gasteiger partial charge in [-0.05, 0) is 67.5 Å². The van der Waals surface area contributed by atoms with Crippen molar-refractivity contribution in [2.24, 2.45) is 0 Å². The second-order valence-corrected chi connectivity index (χ2v) is 8.09. The predicted octanol–water partition coefficient (Wildman–Crippen LogP) is 5.24. The van der Waals surface area contributed by atoms with Crippen molar-refractivity contribution in [2.45, 2.75) is 43.7 Å². The maximum absolute atomic E-state index is 13.4. The lowest BCUT2D eigenvalue weighted by atomic mass is 9.80. The van der Waals surface area contributed by atoms with E-state index in [4.69, 9.17) is 4.74 Å². The topological polar surface area (TPSA) is 28.3 Å². The molecule has 2 aliphatic rings. The number of benzene rings is 2. The molecule has 2 fully saturated rings. The van der Waals surface area contributed by atoms with E-state index in [2.05, 4.69) is 16.1 Å². The van der Waals surface area contributed by atoms with E-state index >= 15 is 0 Å². The predicted molar refractivity (Wildman–Crippen MR) is 106 cm³/mol. The number of hydrogen-bond donors (Lipinski definition) is 1. The van der Waals surface area contributed by atoms with E-state index in [9.17, 15) is 8.78 Å². The van der Waals surface area contributed by atoms with Gasteiger partial charge in [-0.25, -0.2) is 8.78 Å². The number of likely N-dealkylation sites (tertiary alicyclic amines) is 1. The zero-order chi connectivity index (χ0) is 19.1. The van der Waals surface area contributed by atoms with Gasteiger partial charge >= 0.3 is 0 Å². The first-order chi connectivity index (χ1) is 13.7. The number of hydrogen-bond acceptors (Lipinski definition) is 2. The summed E-state index contributed by atoms with van der Waals surface area (Å²) in [5.74, 6) is 0.699. The summed E-state index contributed by atoms with van der Waals surface area (Å²) in [5.41, 5.74) is 2.21. The number of aromatic amines is 1. The third-order valence-corrected chi connectivity index (χ3v) is 6.30. The third-order valence-electron chi connectivity index (χ3n) is 6.30. The first kappa shape index (κ1) is 17.7. The van der Waals surface area contributed by atoms with Crippen LogP contribution >= 0.6 is 0 Å². The molecule has 0 amide bonds. The van der Waals surface area contributed by atoms with Gasteiger partial charge in [-0.1, -0.05) is 6.07 Å². The fourth-order valence-electron chi connectivity index (χ4n) is 4.79. The van der Waals surface area contributed by atoms with Crippen molar-refractivity contribution in [3.05, 3.63) is 65.9 Å². The van der Waals surface area contributed by atoms with Crippen molar-refractivity contribution >= 4 is 10.9 Å². The van der Waals surface area contributed by atoms with Crippen molar-refractivity contribution in [3.8, 4) is 5.75 Å². The molecule has 0 bridgehead atoms. The molecule has 2 heterocycles. The van der Waals surface area contributed by atoms with Gasteiger partial charge in [0.1, 0.15) is 23.5 Å². The lowest BCUT2D eigenvalue weighted by Gasteiger charge is -2.46. The second kappa shape index (κ2) is 7.21. The SMILES string of the molecule is Fc1cccc(OC2CN(C3CCC(c4c[nH]c5cc(F)ccc45)CC3)C2)c1. The summed E-state index contributed by atoms with van der Waals surface area (Å²) in [4.78, 5) is 5.71. The molecule has 2 aromatic carbocycles. The van der Waals surface area contributed by atoms with Crippen LogP contribution in [0.25, 0.3) is 10.9 Å². The lowest BCUT2D eigenvalue weighted by Crippen LogP contribution is -2.58. The van der Waals surface area contributed by atoms with Crippen LogP contribution in [0.3, 0.4) is 0 Å². The number of aromatic nitrogens is 1. The summed E-state index contributed by atoms with van der Waals surface area (Å²) in [6.07, 6.45) is 6.86. The molecule has 1 saturated heterocycles. The van der Waals surface area contributed by atoms with Gasteiger partial charge in [0, 0.05) is 42.3 Å². The highest BCUT2D eigenvalue weighted by molar-refractivity contribution is 5.83. The molecule has 3 aromatic rings. The Morgan fingerprint density at radius 2 is 1.71 bits per heavy atom. The lowest BCUT2D eigenvalue weighted by molar-refractivity contribution is -0.0202. The minimum atomic E-state index is -0.257. The molecule has 146 valence electrons. The number of nitrogens with one attached hydrogen (secondary N) is 1. The molecule has 0 spiro atoms. The molecule has 3 nitrogen and oxygen atoms in total. The summed E-state index contributed by atoms with van der Waals surface area (Å²) in [6.45, 7) is 1.83. The first-order valence-electron chi connectivity index (χ1n) is 10.1. The van der Waals surface area contributed by atoms with Crippen LogP contribution in [0.2, 0.25) is 0 Å². The number of H-pyrrole nitrogens is 1. The fourth-order valence-corrected chi connectivity index (χ4v) is 4.79. The van der Waals surface area contributed by atoms with Crippen LogP contribution in [0.1, 0.15) is 37.2 Å². The largest absolute Gasteiger partial charge is 0.488 e. The quantitative estimate of drug-likeness (QED) is 0.669. The Morgan fingerprint density at radius 3 is 2.50 bits per heavy atom. The van der Waals surface area contributed by atoms with Crippen LogP contribution in [0.5, 0.6) is 5.75 Å². The average Bonchev–Trinajstić information content (AvgIpc) is 3.07. The van der Waals surface area contributed by atoms with Gasteiger partial charge < -0.3 is 9.72 Å². The molecule has 0 atom stereocenters. The highest BCUT2D eigenvalue weighted by atomic mass is 19.1. The molecular formula is C23H24F2N2O. The number of rotatable bonds is 4. The molecule has 5 rings (SSSR count). The maximum atomic E-state index is 13.4. The number of fused-ring (bicyclic) bond motifs is 1. The van der Waals surface area contributed by atoms with E-state index in [0.717, 1.165) is 36.8 Å². The zero-order valence-electron chi connectivity index (χ0n) is 15.7. The molecular weight excluding hydrogens is 358 g/mol. The summed E-state index contributed by atoms with van der Waals surface area (Å²) in [6, 6.07) is 12.0. The normalized spacial score (nSPS) is 23.6. The average molecular weight is 382 g/mol. The van der Waals surface area contributed by atoms with Gasteiger partial charge in [0.05, 0.1) is 0 Å². The smallest absolute Gasteiger partial charge is 0.126 e. The maximum Gasteiger partial charge on any atom is 0.126 e. The molecule has 28 heavy (non-hydrogen) atoms. The van der Waals surface area contributed by atoms with Crippen LogP contribution in [-0.4, -0.2) is 35.1 Å². The zero-order valence-corrected chi connectivity index (χ0v) is 15.7. The highest BCUT2D eigenvalue weighted by Gasteiger charge is 2.36. The van der Waals surface area contributed by atoms with Gasteiger partial charge in [-0.15, -0.1) is 0 Å². The van der Waals surface area contributed by atoms with Crippen molar-refractivity contribution in [3.63, 3.8) is 0 Å². The summed E-state index contributed by atoms with van der Waals surface area (Å²) in [5, 5.41) is 1.15. The van der Waals surface area contributed by atoms with Crippen molar-refractivity contribution in [2.75, 3.05) is 13.1 Å². The number of halogens is 2. The van der Waals surface area contributed by atoms with Gasteiger partial charge in [0.2, 0.25) is 0 Å². The Morgan fingerprint density at radius 1 is 0.929 bits per heavy atom. The number of ether oxygens (including phenoxy) is 1. The van der Waals surface area contributed by atoms with E-state index in [0.29, 0.717) is 17.7 Å². The Labute approximate surface area is 163 Å². The third kappa shape index (κ3) is 3.39. The van der Waals surface area contributed by atoms with Crippen LogP contribution in [0.15, 0.2) is 48.7 Å². The Balaban J connectivity index is 1.15. The van der Waals surface area contributed by atoms with Crippen molar-refractivity contribution in [1.29, 1.82) is 0 Å². The standard InChI is InChI=1S/C23H24F2N2O/c24-16-2-1-3-19(10-16)28-20-13-27(14-20)18-7-4-15(5-8-18)22-12-26-23-11-17(25)6-9-21(22)23/h1-3,6,9-12,15,18,20,26H,4-5,7-8,13-14H2. The number of nitrogens with zero attached hydrogens (tertiary/aromatic N) is 1. The Hall–Kier alpha value is -2.40. The van der Waals surface area contributed by atoms with Crippen LogP contribution in [-0.2, 0) is 0 Å². The fraction of sp³-hybridized carbons (Fsp3) is 0.391. The Bertz CT molecular complexity index is 972. The molecule has 1 aromatic heterocycles. The minimum absolute atomic E-state index is 0.156. The highest BCUT2D eigenvalue weighted by Crippen LogP contribution is 2.39. The van der Waals surface area contributed by atoms with Gasteiger partial charge in [-0.3, -0.25) is 4.90 Å². The van der Waals surface area contributed by atoms with Crippen LogP contribution in [0, 0.1) is 11.6 Å². The molecule has 5 heteroatoms. The van der Waals surface area contributed by atoms with E-state index in [1.165, 1.54) is 30.5 Å². The molecule has 1 aliphatic carbocycles. The van der Waals surface area contributed by atoms with E-state index in [-0.39, 0.29) is 17.7 Å². The van der Waals surface area contributed by atoms with Crippen molar-refractivity contribution in [1.82, 2.24) is 9.88 Å². The molecule has 1 aliphatic heterocycles. The monoisotopic (exact) mass is 382 g/mol. The van der Waals surface area contributed by atoms with E-state index in [1.54, 1.807) is 18.2 Å². The molecule has 0 unspecified atom stereocenters. The van der Waals surface area contributed by atoms with Gasteiger partial charge in [0.25, 0.3) is 0 Å². The Kier molecular flexibility index (Phi) is 4.55. The van der Waals surface area contributed by atoms with Gasteiger partial charge in [-0.2, -0.15) is 0 Å². The summed E-state index contributed by atoms with van der Waals surface area (Å²) < 4.78 is 32.5. The molecule has 0 radical (unpaired) electrons. The molecule has 1 saturated carbocycles. The summed E-state index contributed by atoms with van der Waals surface area (Å²) in [7, 11) is 0. The van der Waals surface area contributed by atoms with E-state index < -0.39 is 0 Å². The summed E-state index contributed by atoms with van der Waals surface area (Å²) >= 11 is 0. The van der Waals surface area contributed by atoms with Gasteiger partial charge in [0.15, 0.2) is 0 Å². The van der Waals surface area contributed by atoms with Crippen LogP contribution in [0.4, 0.5) is 8.78 Å². The second-order valence-electron chi connectivity index (χ2n) is 8.09. The minimum Gasteiger partial charge on any atom is -0.488 e. The van der Waals surface area contributed by atoms with Crippen LogP contribution < -0.4 is 4.74 Å². The molecule has 1 N–H and O–H groups in total. The van der Waals surface area contributed by atoms with E-state index in [1.807, 2.05) is 12.1 Å². The van der Waals surface area contributed by atoms with Crippen molar-refractivity contribution < 1.29 is 13.5 Å². The first-order valence-corrected chi connectivity index (χ1v) is 10.1.